The summed E-state index contributed by atoms with van der Waals surface area (Å²) in [5, 5.41) is 0. The summed E-state index contributed by atoms with van der Waals surface area (Å²) in [4.78, 5) is 10.7. The fourth-order valence-electron chi connectivity index (χ4n) is 8.05. The van der Waals surface area contributed by atoms with Gasteiger partial charge in [0.2, 0.25) is 0 Å². The maximum Gasteiger partial charge on any atom is 0.0367 e. The first-order valence-electron chi connectivity index (χ1n) is 16.9. The molecule has 0 spiro atoms. The second-order valence-corrected chi connectivity index (χ2v) is 14.4. The average Bonchev–Trinajstić information content (AvgIpc) is 3.55. The molecule has 0 aliphatic carbocycles. The van der Waals surface area contributed by atoms with Crippen molar-refractivity contribution in [3.63, 3.8) is 0 Å². The molecule has 0 aromatic heterocycles. The van der Waals surface area contributed by atoms with Gasteiger partial charge in [-0.1, -0.05) is 86.3 Å². The summed E-state index contributed by atoms with van der Waals surface area (Å²) in [7, 11) is 0. The Labute approximate surface area is 265 Å². The van der Waals surface area contributed by atoms with Gasteiger partial charge < -0.3 is 14.7 Å². The first-order valence-corrected chi connectivity index (χ1v) is 17.7. The standard InChI is InChI=1S/C39H51N3S/c1-3-4-13-32(2)39(31-41-24-11-12-25-41,34-14-7-5-8-15-34)35-22-26-40(27-23-35)28-33-29-42(30-33)36-18-20-38(21-19-36)43-37-16-9-6-10-17-37/h4-10,13-21,32-33,35H,3,11-12,22-31H2,1-2H3/b13-4-. The summed E-state index contributed by atoms with van der Waals surface area (Å²) >= 11 is 1.84. The fraction of sp³-hybridized carbons (Fsp3) is 0.487. The van der Waals surface area contributed by atoms with Gasteiger partial charge in [0.1, 0.15) is 0 Å². The number of anilines is 1. The van der Waals surface area contributed by atoms with Crippen LogP contribution in [0.25, 0.3) is 0 Å². The van der Waals surface area contributed by atoms with Crippen LogP contribution in [0.2, 0.25) is 0 Å². The molecule has 3 aliphatic rings. The quantitative estimate of drug-likeness (QED) is 0.194. The van der Waals surface area contributed by atoms with Crippen molar-refractivity contribution < 1.29 is 0 Å². The lowest BCUT2D eigenvalue weighted by atomic mass is 9.59. The van der Waals surface area contributed by atoms with Crippen molar-refractivity contribution in [1.29, 1.82) is 0 Å². The van der Waals surface area contributed by atoms with Gasteiger partial charge in [-0.05, 0) is 112 Å². The third-order valence-corrected chi connectivity index (χ3v) is 11.5. The van der Waals surface area contributed by atoms with Crippen LogP contribution >= 0.6 is 11.8 Å². The highest BCUT2D eigenvalue weighted by atomic mass is 32.2. The smallest absolute Gasteiger partial charge is 0.0367 e. The van der Waals surface area contributed by atoms with Crippen molar-refractivity contribution in [3.8, 4) is 0 Å². The van der Waals surface area contributed by atoms with E-state index < -0.39 is 0 Å². The molecule has 3 fully saturated rings. The largest absolute Gasteiger partial charge is 0.371 e. The van der Waals surface area contributed by atoms with Gasteiger partial charge >= 0.3 is 0 Å². The lowest BCUT2D eigenvalue weighted by molar-refractivity contribution is 0.0679. The lowest BCUT2D eigenvalue weighted by Gasteiger charge is -2.51. The highest BCUT2D eigenvalue weighted by Gasteiger charge is 2.46. The number of hydrogen-bond acceptors (Lipinski definition) is 4. The predicted molar refractivity (Wildman–Crippen MR) is 184 cm³/mol. The highest BCUT2D eigenvalue weighted by molar-refractivity contribution is 7.99. The summed E-state index contributed by atoms with van der Waals surface area (Å²) < 4.78 is 0. The monoisotopic (exact) mass is 593 g/mol. The first kappa shape index (κ1) is 30.5. The molecule has 2 unspecified atom stereocenters. The van der Waals surface area contributed by atoms with Gasteiger partial charge in [-0.15, -0.1) is 0 Å². The lowest BCUT2D eigenvalue weighted by Crippen LogP contribution is -2.55. The van der Waals surface area contributed by atoms with Crippen LogP contribution in [0.1, 0.15) is 51.5 Å². The van der Waals surface area contributed by atoms with E-state index in [1.54, 1.807) is 5.56 Å². The number of nitrogens with zero attached hydrogens (tertiary/aromatic N) is 3. The van der Waals surface area contributed by atoms with Gasteiger partial charge in [-0.2, -0.15) is 0 Å². The third kappa shape index (κ3) is 7.24. The number of benzene rings is 3. The fourth-order valence-corrected chi connectivity index (χ4v) is 8.89. The summed E-state index contributed by atoms with van der Waals surface area (Å²) in [5.41, 5.74) is 3.12. The number of likely N-dealkylation sites (tertiary alicyclic amines) is 2. The van der Waals surface area contributed by atoms with Gasteiger partial charge in [0.15, 0.2) is 0 Å². The van der Waals surface area contributed by atoms with Crippen molar-refractivity contribution in [1.82, 2.24) is 9.80 Å². The molecule has 0 radical (unpaired) electrons. The second-order valence-electron chi connectivity index (χ2n) is 13.3. The predicted octanol–water partition coefficient (Wildman–Crippen LogP) is 8.62. The van der Waals surface area contributed by atoms with Gasteiger partial charge in [0, 0.05) is 53.0 Å². The Morgan fingerprint density at radius 3 is 2.07 bits per heavy atom. The Hall–Kier alpha value is -2.53. The molecule has 2 atom stereocenters. The zero-order valence-corrected chi connectivity index (χ0v) is 27.2. The third-order valence-electron chi connectivity index (χ3n) is 10.4. The molecule has 6 rings (SSSR count). The van der Waals surface area contributed by atoms with E-state index in [0.29, 0.717) is 11.8 Å². The Morgan fingerprint density at radius 1 is 0.791 bits per heavy atom. The molecule has 0 saturated carbocycles. The van der Waals surface area contributed by atoms with Gasteiger partial charge in [-0.25, -0.2) is 0 Å². The Kier molecular flexibility index (Phi) is 10.3. The van der Waals surface area contributed by atoms with Crippen LogP contribution in [0.4, 0.5) is 5.69 Å². The van der Waals surface area contributed by atoms with Crippen molar-refractivity contribution in [2.75, 3.05) is 57.3 Å². The molecule has 3 nitrogen and oxygen atoms in total. The molecule has 0 bridgehead atoms. The molecular weight excluding hydrogens is 543 g/mol. The second kappa shape index (κ2) is 14.5. The molecule has 0 N–H and O–H groups in total. The number of allylic oxidation sites excluding steroid dienone is 2. The zero-order valence-electron chi connectivity index (χ0n) is 26.4. The number of hydrogen-bond donors (Lipinski definition) is 0. The van der Waals surface area contributed by atoms with Crippen LogP contribution in [-0.2, 0) is 5.41 Å². The van der Waals surface area contributed by atoms with E-state index in [1.807, 2.05) is 11.8 Å². The minimum absolute atomic E-state index is 0.182. The Bertz CT molecular complexity index is 1270. The molecular formula is C39H51N3S. The van der Waals surface area contributed by atoms with Crippen LogP contribution in [0.15, 0.2) is 107 Å². The van der Waals surface area contributed by atoms with Crippen LogP contribution in [-0.4, -0.2) is 62.2 Å². The zero-order chi connectivity index (χ0) is 29.5. The van der Waals surface area contributed by atoms with Crippen LogP contribution in [0, 0.1) is 17.8 Å². The van der Waals surface area contributed by atoms with Crippen LogP contribution in [0.3, 0.4) is 0 Å². The minimum Gasteiger partial charge on any atom is -0.371 e. The van der Waals surface area contributed by atoms with E-state index in [-0.39, 0.29) is 5.41 Å². The number of piperidine rings is 1. The van der Waals surface area contributed by atoms with E-state index in [2.05, 4.69) is 126 Å². The topological polar surface area (TPSA) is 9.72 Å². The Morgan fingerprint density at radius 2 is 1.42 bits per heavy atom. The van der Waals surface area contributed by atoms with Crippen molar-refractivity contribution >= 4 is 17.4 Å². The van der Waals surface area contributed by atoms with Crippen molar-refractivity contribution in [2.24, 2.45) is 17.8 Å². The highest BCUT2D eigenvalue weighted by Crippen LogP contribution is 2.46. The minimum atomic E-state index is 0.182. The van der Waals surface area contributed by atoms with Crippen LogP contribution < -0.4 is 4.90 Å². The normalized spacial score (nSPS) is 21.2. The van der Waals surface area contributed by atoms with Gasteiger partial charge in [0.05, 0.1) is 0 Å². The van der Waals surface area contributed by atoms with E-state index >= 15 is 0 Å². The summed E-state index contributed by atoms with van der Waals surface area (Å²) in [5.74, 6) is 2.03. The molecule has 3 aromatic carbocycles. The molecule has 4 heteroatoms. The first-order chi connectivity index (χ1) is 21.1. The Balaban J connectivity index is 1.06. The van der Waals surface area contributed by atoms with E-state index in [1.165, 1.54) is 93.5 Å². The van der Waals surface area contributed by atoms with E-state index in [4.69, 9.17) is 0 Å². The molecule has 228 valence electrons. The molecule has 3 aliphatic heterocycles. The van der Waals surface area contributed by atoms with Gasteiger partial charge in [-0.3, -0.25) is 0 Å². The number of rotatable bonds is 12. The van der Waals surface area contributed by atoms with Crippen LogP contribution in [0.5, 0.6) is 0 Å². The molecule has 0 amide bonds. The molecule has 3 aromatic rings. The average molecular weight is 594 g/mol. The van der Waals surface area contributed by atoms with E-state index in [9.17, 15) is 0 Å². The summed E-state index contributed by atoms with van der Waals surface area (Å²) in [6.07, 6.45) is 11.4. The van der Waals surface area contributed by atoms with Crippen molar-refractivity contribution in [3.05, 3.63) is 103 Å². The molecule has 3 saturated heterocycles. The molecule has 3 heterocycles. The summed E-state index contributed by atoms with van der Waals surface area (Å²) in [6.45, 7) is 14.6. The van der Waals surface area contributed by atoms with Gasteiger partial charge in [0.25, 0.3) is 0 Å². The van der Waals surface area contributed by atoms with Crippen molar-refractivity contribution in [2.45, 2.75) is 61.2 Å². The molecule has 43 heavy (non-hydrogen) atoms. The maximum atomic E-state index is 2.79. The van der Waals surface area contributed by atoms with E-state index in [0.717, 1.165) is 12.3 Å². The summed E-state index contributed by atoms with van der Waals surface area (Å²) in [6, 6.07) is 31.5. The SMILES string of the molecule is CC/C=C\C(C)C(CN1CCCC1)(c1ccccc1)C1CCN(CC2CN(c3ccc(Sc4ccccc4)cc3)C2)CC1. The maximum absolute atomic E-state index is 2.79.